The van der Waals surface area contributed by atoms with Crippen molar-refractivity contribution in [3.05, 3.63) is 28.3 Å². The number of carbonyl (C=O) groups is 1. The van der Waals surface area contributed by atoms with E-state index in [4.69, 9.17) is 25.8 Å². The lowest BCUT2D eigenvalue weighted by Gasteiger charge is -2.21. The Hall–Kier alpha value is -0.910. The molecule has 0 fully saturated rings. The molecule has 1 atom stereocenters. The molecule has 0 aliphatic carbocycles. The van der Waals surface area contributed by atoms with Gasteiger partial charge in [0.15, 0.2) is 6.79 Å². The molecule has 4 nitrogen and oxygen atoms in total. The molecule has 2 rings (SSSR count). The number of hydrogen-bond donors (Lipinski definition) is 0. The Morgan fingerprint density at radius 2 is 2.35 bits per heavy atom. The van der Waals surface area contributed by atoms with E-state index in [9.17, 15) is 4.79 Å². The molecule has 0 amide bonds. The molecular weight excluding hydrogens is 300 g/mol. The average molecular weight is 317 g/mol. The summed E-state index contributed by atoms with van der Waals surface area (Å²) in [6, 6.07) is 3.77. The highest BCUT2D eigenvalue weighted by Crippen LogP contribution is 2.34. The normalized spacial score (nSPS) is 15.2. The number of methoxy groups -OCH3 is 1. The third-order valence-corrected chi connectivity index (χ3v) is 4.45. The number of fused-ring (bicyclic) bond motifs is 1. The molecular formula is C14H17ClO4S. The highest BCUT2D eigenvalue weighted by Gasteiger charge is 2.18. The fourth-order valence-corrected chi connectivity index (χ4v) is 3.28. The Morgan fingerprint density at radius 3 is 3.10 bits per heavy atom. The molecule has 20 heavy (non-hydrogen) atoms. The van der Waals surface area contributed by atoms with Gasteiger partial charge in [0.1, 0.15) is 5.75 Å². The molecule has 1 aliphatic rings. The minimum absolute atomic E-state index is 0.121. The van der Waals surface area contributed by atoms with Crippen LogP contribution in [0.3, 0.4) is 0 Å². The largest absolute Gasteiger partial charge is 0.469 e. The summed E-state index contributed by atoms with van der Waals surface area (Å²) < 4.78 is 15.5. The Balaban J connectivity index is 1.99. The van der Waals surface area contributed by atoms with Crippen LogP contribution in [0.15, 0.2) is 12.1 Å². The molecule has 0 spiro atoms. The van der Waals surface area contributed by atoms with Gasteiger partial charge in [-0.15, -0.1) is 0 Å². The summed E-state index contributed by atoms with van der Waals surface area (Å²) in [5, 5.41) is 0.675. The van der Waals surface area contributed by atoms with Crippen LogP contribution in [0.4, 0.5) is 0 Å². The van der Waals surface area contributed by atoms with Crippen molar-refractivity contribution < 1.29 is 19.0 Å². The zero-order valence-electron chi connectivity index (χ0n) is 11.5. The van der Waals surface area contributed by atoms with Gasteiger partial charge >= 0.3 is 5.97 Å². The Kier molecular flexibility index (Phi) is 5.57. The van der Waals surface area contributed by atoms with E-state index in [-0.39, 0.29) is 18.7 Å². The van der Waals surface area contributed by atoms with E-state index in [2.05, 4.69) is 0 Å². The fourth-order valence-electron chi connectivity index (χ4n) is 1.98. The van der Waals surface area contributed by atoms with E-state index < -0.39 is 0 Å². The van der Waals surface area contributed by atoms with Crippen LogP contribution in [-0.2, 0) is 26.6 Å². The van der Waals surface area contributed by atoms with E-state index in [0.717, 1.165) is 22.6 Å². The minimum Gasteiger partial charge on any atom is -0.469 e. The number of halogens is 1. The van der Waals surface area contributed by atoms with Crippen molar-refractivity contribution in [2.24, 2.45) is 5.92 Å². The van der Waals surface area contributed by atoms with Crippen molar-refractivity contribution >= 4 is 29.3 Å². The van der Waals surface area contributed by atoms with E-state index >= 15 is 0 Å². The van der Waals surface area contributed by atoms with Crippen LogP contribution in [0.2, 0.25) is 5.02 Å². The van der Waals surface area contributed by atoms with Gasteiger partial charge in [0.25, 0.3) is 0 Å². The minimum atomic E-state index is -0.185. The number of ether oxygens (including phenoxy) is 3. The summed E-state index contributed by atoms with van der Waals surface area (Å²) in [4.78, 5) is 11.3. The molecule has 110 valence electrons. The maximum atomic E-state index is 11.3. The molecule has 0 bridgehead atoms. The third-order valence-electron chi connectivity index (χ3n) is 2.98. The molecule has 1 heterocycles. The zero-order valence-corrected chi connectivity index (χ0v) is 13.1. The number of esters is 1. The molecule has 0 N–H and O–H groups in total. The quantitative estimate of drug-likeness (QED) is 0.780. The second-order valence-electron chi connectivity index (χ2n) is 4.60. The highest BCUT2D eigenvalue weighted by molar-refractivity contribution is 7.98. The van der Waals surface area contributed by atoms with Crippen molar-refractivity contribution in [3.63, 3.8) is 0 Å². The second kappa shape index (κ2) is 7.20. The first-order valence-electron chi connectivity index (χ1n) is 6.29. The number of carbonyl (C=O) groups excluding carboxylic acids is 1. The summed E-state index contributed by atoms with van der Waals surface area (Å²) in [7, 11) is 1.41. The number of benzene rings is 1. The molecule has 0 aromatic heterocycles. The van der Waals surface area contributed by atoms with Gasteiger partial charge in [-0.2, -0.15) is 11.8 Å². The first-order valence-corrected chi connectivity index (χ1v) is 7.82. The van der Waals surface area contributed by atoms with Crippen molar-refractivity contribution in [2.45, 2.75) is 19.3 Å². The number of hydrogen-bond acceptors (Lipinski definition) is 5. The Bertz CT molecular complexity index is 492. The van der Waals surface area contributed by atoms with E-state index in [1.165, 1.54) is 7.11 Å². The van der Waals surface area contributed by atoms with Crippen molar-refractivity contribution in [2.75, 3.05) is 19.7 Å². The Morgan fingerprint density at radius 1 is 1.55 bits per heavy atom. The lowest BCUT2D eigenvalue weighted by atomic mass is 10.1. The van der Waals surface area contributed by atoms with Crippen molar-refractivity contribution in [3.8, 4) is 5.75 Å². The smallest absolute Gasteiger partial charge is 0.309 e. The molecule has 0 saturated carbocycles. The van der Waals surface area contributed by atoms with Crippen LogP contribution in [-0.4, -0.2) is 25.6 Å². The summed E-state index contributed by atoms with van der Waals surface area (Å²) in [6.45, 7) is 2.65. The van der Waals surface area contributed by atoms with Crippen molar-refractivity contribution in [1.82, 2.24) is 0 Å². The van der Waals surface area contributed by atoms with Gasteiger partial charge in [-0.3, -0.25) is 4.79 Å². The number of rotatable bonds is 5. The first kappa shape index (κ1) is 15.5. The van der Waals surface area contributed by atoms with E-state index in [1.54, 1.807) is 11.8 Å². The van der Waals surface area contributed by atoms with E-state index in [1.807, 2.05) is 19.1 Å². The first-order chi connectivity index (χ1) is 9.61. The lowest BCUT2D eigenvalue weighted by molar-refractivity contribution is -0.143. The number of thioether (sulfide) groups is 1. The third kappa shape index (κ3) is 3.81. The molecule has 1 aromatic carbocycles. The SMILES string of the molecule is COC(=O)C(C)CSCc1cc(Cl)cc2c1OCOC2. The zero-order chi connectivity index (χ0) is 14.5. The predicted molar refractivity (Wildman–Crippen MR) is 79.1 cm³/mol. The van der Waals surface area contributed by atoms with Gasteiger partial charge in [0.2, 0.25) is 0 Å². The highest BCUT2D eigenvalue weighted by atomic mass is 35.5. The summed E-state index contributed by atoms with van der Waals surface area (Å²) in [6.07, 6.45) is 0. The van der Waals surface area contributed by atoms with Crippen LogP contribution in [0.5, 0.6) is 5.75 Å². The van der Waals surface area contributed by atoms with Crippen LogP contribution in [0.1, 0.15) is 18.1 Å². The monoisotopic (exact) mass is 316 g/mol. The van der Waals surface area contributed by atoms with Crippen LogP contribution in [0.25, 0.3) is 0 Å². The fraction of sp³-hybridized carbons (Fsp3) is 0.500. The topological polar surface area (TPSA) is 44.8 Å². The van der Waals surface area contributed by atoms with Gasteiger partial charge in [0, 0.05) is 27.7 Å². The molecule has 6 heteroatoms. The van der Waals surface area contributed by atoms with Crippen LogP contribution < -0.4 is 4.74 Å². The molecule has 0 radical (unpaired) electrons. The van der Waals surface area contributed by atoms with Gasteiger partial charge in [-0.05, 0) is 12.1 Å². The van der Waals surface area contributed by atoms with E-state index in [0.29, 0.717) is 17.4 Å². The lowest BCUT2D eigenvalue weighted by Crippen LogP contribution is -2.15. The predicted octanol–water partition coefficient (Wildman–Crippen LogP) is 3.25. The molecule has 1 unspecified atom stereocenters. The molecule has 1 aromatic rings. The molecule has 0 saturated heterocycles. The standard InChI is InChI=1S/C14H17ClO4S/c1-9(14(16)17-2)6-20-7-11-4-12(15)3-10-5-18-8-19-13(10)11/h3-4,9H,5-8H2,1-2H3. The molecule has 1 aliphatic heterocycles. The van der Waals surface area contributed by atoms with Gasteiger partial charge in [-0.1, -0.05) is 18.5 Å². The Labute approximate surface area is 127 Å². The van der Waals surface area contributed by atoms with Gasteiger partial charge in [0.05, 0.1) is 19.6 Å². The maximum absolute atomic E-state index is 11.3. The second-order valence-corrected chi connectivity index (χ2v) is 6.07. The summed E-state index contributed by atoms with van der Waals surface area (Å²) in [5.41, 5.74) is 2.01. The maximum Gasteiger partial charge on any atom is 0.309 e. The van der Waals surface area contributed by atoms with Crippen LogP contribution in [0, 0.1) is 5.92 Å². The average Bonchev–Trinajstić information content (AvgIpc) is 2.45. The summed E-state index contributed by atoms with van der Waals surface area (Å²) in [5.74, 6) is 1.99. The van der Waals surface area contributed by atoms with Crippen LogP contribution >= 0.6 is 23.4 Å². The summed E-state index contributed by atoms with van der Waals surface area (Å²) >= 11 is 7.76. The van der Waals surface area contributed by atoms with Gasteiger partial charge in [-0.25, -0.2) is 0 Å². The van der Waals surface area contributed by atoms with Crippen molar-refractivity contribution in [1.29, 1.82) is 0 Å². The van der Waals surface area contributed by atoms with Gasteiger partial charge < -0.3 is 14.2 Å².